The van der Waals surface area contributed by atoms with Crippen LogP contribution < -0.4 is 10.7 Å². The molecule has 0 saturated carbocycles. The molecular weight excluding hydrogens is 308 g/mol. The standard InChI is InChI=1S/C17H20N4O3/c1-11-8-13(12(2)24-11)17(3,23)9-18-16(22)20-21-10-19-14-6-4-5-7-15(14)21/h4-8,10,23H,9H2,1-3H3,(H2,18,20,22)/t17-/m1/s1. The predicted molar refractivity (Wildman–Crippen MR) is 90.2 cm³/mol. The van der Waals surface area contributed by atoms with Gasteiger partial charge >= 0.3 is 6.03 Å². The third-order valence-corrected chi connectivity index (χ3v) is 3.89. The molecule has 2 aromatic heterocycles. The van der Waals surface area contributed by atoms with Gasteiger partial charge in [0.25, 0.3) is 0 Å². The van der Waals surface area contributed by atoms with Crippen molar-refractivity contribution in [1.29, 1.82) is 0 Å². The van der Waals surface area contributed by atoms with Gasteiger partial charge in [-0.15, -0.1) is 0 Å². The van der Waals surface area contributed by atoms with Crippen molar-refractivity contribution in [2.24, 2.45) is 0 Å². The van der Waals surface area contributed by atoms with Crippen LogP contribution in [0.3, 0.4) is 0 Å². The molecule has 1 aromatic carbocycles. The van der Waals surface area contributed by atoms with E-state index in [1.165, 1.54) is 11.0 Å². The maximum atomic E-state index is 12.1. The number of nitrogens with one attached hydrogen (secondary N) is 2. The average molecular weight is 328 g/mol. The summed E-state index contributed by atoms with van der Waals surface area (Å²) in [4.78, 5) is 16.3. The Kier molecular flexibility index (Phi) is 4.02. The number of rotatable bonds is 4. The molecule has 7 heteroatoms. The van der Waals surface area contributed by atoms with E-state index in [0.29, 0.717) is 11.3 Å². The fourth-order valence-electron chi connectivity index (χ4n) is 2.71. The molecule has 0 fully saturated rings. The summed E-state index contributed by atoms with van der Waals surface area (Å²) in [6, 6.07) is 8.81. The molecule has 0 aliphatic carbocycles. The second-order valence-corrected chi connectivity index (χ2v) is 6.00. The number of hydrogen-bond donors (Lipinski definition) is 3. The van der Waals surface area contributed by atoms with E-state index in [2.05, 4.69) is 15.7 Å². The number of fused-ring (bicyclic) bond motifs is 1. The van der Waals surface area contributed by atoms with Crippen LogP contribution in [0.2, 0.25) is 0 Å². The molecule has 3 rings (SSSR count). The van der Waals surface area contributed by atoms with Crippen molar-refractivity contribution < 1.29 is 14.3 Å². The molecule has 24 heavy (non-hydrogen) atoms. The third kappa shape index (κ3) is 3.11. The van der Waals surface area contributed by atoms with Crippen LogP contribution in [0.25, 0.3) is 11.0 Å². The Labute approximate surface area is 139 Å². The predicted octanol–water partition coefficient (Wildman–Crippen LogP) is 2.41. The quantitative estimate of drug-likeness (QED) is 0.686. The molecule has 0 aliphatic heterocycles. The van der Waals surface area contributed by atoms with Crippen molar-refractivity contribution in [3.8, 4) is 0 Å². The third-order valence-electron chi connectivity index (χ3n) is 3.89. The van der Waals surface area contributed by atoms with Gasteiger partial charge < -0.3 is 14.8 Å². The summed E-state index contributed by atoms with van der Waals surface area (Å²) in [5, 5.41) is 13.3. The molecular formula is C17H20N4O3. The first-order valence-corrected chi connectivity index (χ1v) is 7.64. The van der Waals surface area contributed by atoms with Crippen molar-refractivity contribution in [1.82, 2.24) is 15.0 Å². The van der Waals surface area contributed by atoms with Gasteiger partial charge in [-0.2, -0.15) is 0 Å². The molecule has 0 bridgehead atoms. The lowest BCUT2D eigenvalue weighted by Crippen LogP contribution is -2.42. The van der Waals surface area contributed by atoms with Crippen molar-refractivity contribution in [2.75, 3.05) is 12.0 Å². The Morgan fingerprint density at radius 1 is 1.38 bits per heavy atom. The minimum Gasteiger partial charge on any atom is -0.466 e. The normalized spacial score (nSPS) is 13.7. The van der Waals surface area contributed by atoms with Crippen molar-refractivity contribution >= 4 is 17.1 Å². The molecule has 126 valence electrons. The number of para-hydroxylation sites is 2. The molecule has 0 spiro atoms. The molecule has 7 nitrogen and oxygen atoms in total. The largest absolute Gasteiger partial charge is 0.466 e. The first-order chi connectivity index (χ1) is 11.4. The molecule has 0 aliphatic rings. The Hall–Kier alpha value is -2.80. The number of nitrogens with zero attached hydrogens (tertiary/aromatic N) is 2. The number of aliphatic hydroxyl groups is 1. The summed E-state index contributed by atoms with van der Waals surface area (Å²) in [5.74, 6) is 1.36. The fraction of sp³-hybridized carbons (Fsp3) is 0.294. The number of benzene rings is 1. The number of urea groups is 1. The highest BCUT2D eigenvalue weighted by Crippen LogP contribution is 2.26. The summed E-state index contributed by atoms with van der Waals surface area (Å²) >= 11 is 0. The minimum absolute atomic E-state index is 0.0469. The molecule has 2 amide bonds. The number of imidazole rings is 1. The zero-order chi connectivity index (χ0) is 17.3. The SMILES string of the molecule is Cc1cc([C@](C)(O)CNC(=O)Nn2cnc3ccccc32)c(C)o1. The monoisotopic (exact) mass is 328 g/mol. The zero-order valence-electron chi connectivity index (χ0n) is 13.8. The van der Waals surface area contributed by atoms with Crippen molar-refractivity contribution in [3.05, 3.63) is 53.7 Å². The molecule has 0 saturated heterocycles. The number of hydrogen-bond acceptors (Lipinski definition) is 4. The number of furan rings is 1. The zero-order valence-corrected chi connectivity index (χ0v) is 13.8. The van der Waals surface area contributed by atoms with E-state index in [4.69, 9.17) is 4.42 Å². The Morgan fingerprint density at radius 3 is 2.83 bits per heavy atom. The van der Waals surface area contributed by atoms with E-state index in [-0.39, 0.29) is 6.54 Å². The van der Waals surface area contributed by atoms with E-state index in [1.54, 1.807) is 19.9 Å². The highest BCUT2D eigenvalue weighted by Gasteiger charge is 2.28. The fourth-order valence-corrected chi connectivity index (χ4v) is 2.71. The van der Waals surface area contributed by atoms with Crippen LogP contribution in [-0.2, 0) is 5.60 Å². The first kappa shape index (κ1) is 16.1. The minimum atomic E-state index is -1.23. The number of amides is 2. The molecule has 0 radical (unpaired) electrons. The summed E-state index contributed by atoms with van der Waals surface area (Å²) < 4.78 is 6.97. The van der Waals surface area contributed by atoms with Crippen LogP contribution in [0.1, 0.15) is 24.0 Å². The van der Waals surface area contributed by atoms with Crippen LogP contribution >= 0.6 is 0 Å². The van der Waals surface area contributed by atoms with Gasteiger partial charge in [-0.05, 0) is 39.0 Å². The lowest BCUT2D eigenvalue weighted by Gasteiger charge is -2.23. The maximum absolute atomic E-state index is 12.1. The molecule has 0 unspecified atom stereocenters. The van der Waals surface area contributed by atoms with Crippen molar-refractivity contribution in [3.63, 3.8) is 0 Å². The van der Waals surface area contributed by atoms with Gasteiger partial charge in [0.15, 0.2) is 0 Å². The average Bonchev–Trinajstić information content (AvgIpc) is 3.09. The second-order valence-electron chi connectivity index (χ2n) is 6.00. The van der Waals surface area contributed by atoms with Gasteiger partial charge in [-0.25, -0.2) is 19.9 Å². The van der Waals surface area contributed by atoms with Crippen molar-refractivity contribution in [2.45, 2.75) is 26.4 Å². The van der Waals surface area contributed by atoms with Crippen LogP contribution in [0.15, 0.2) is 41.1 Å². The Morgan fingerprint density at radius 2 is 2.12 bits per heavy atom. The van der Waals surface area contributed by atoms with Gasteiger partial charge in [0.1, 0.15) is 23.4 Å². The van der Waals surface area contributed by atoms with Gasteiger partial charge in [-0.3, -0.25) is 0 Å². The lowest BCUT2D eigenvalue weighted by atomic mass is 9.96. The topological polar surface area (TPSA) is 92.3 Å². The van der Waals surface area contributed by atoms with E-state index >= 15 is 0 Å². The van der Waals surface area contributed by atoms with Crippen LogP contribution in [0, 0.1) is 13.8 Å². The van der Waals surface area contributed by atoms with Crippen LogP contribution in [0.5, 0.6) is 0 Å². The number of aryl methyl sites for hydroxylation is 2. The smallest absolute Gasteiger partial charge is 0.334 e. The van der Waals surface area contributed by atoms with Gasteiger partial charge in [0, 0.05) is 5.56 Å². The lowest BCUT2D eigenvalue weighted by molar-refractivity contribution is 0.0583. The van der Waals surface area contributed by atoms with Crippen LogP contribution in [-0.4, -0.2) is 27.3 Å². The van der Waals surface area contributed by atoms with E-state index in [9.17, 15) is 9.90 Å². The van der Waals surface area contributed by atoms with E-state index in [0.717, 1.165) is 16.8 Å². The number of aromatic nitrogens is 2. The number of carbonyl (C=O) groups is 1. The van der Waals surface area contributed by atoms with E-state index in [1.807, 2.05) is 31.2 Å². The summed E-state index contributed by atoms with van der Waals surface area (Å²) in [6.07, 6.45) is 1.53. The molecule has 1 atom stereocenters. The summed E-state index contributed by atoms with van der Waals surface area (Å²) in [5.41, 5.74) is 3.69. The maximum Gasteiger partial charge on any atom is 0.334 e. The molecule has 2 heterocycles. The Bertz CT molecular complexity index is 879. The highest BCUT2D eigenvalue weighted by atomic mass is 16.3. The first-order valence-electron chi connectivity index (χ1n) is 7.64. The number of carbonyl (C=O) groups excluding carboxylic acids is 1. The molecule has 3 N–H and O–H groups in total. The summed E-state index contributed by atoms with van der Waals surface area (Å²) in [6.45, 7) is 5.29. The van der Waals surface area contributed by atoms with Crippen LogP contribution in [0.4, 0.5) is 4.79 Å². The second kappa shape index (κ2) is 6.01. The van der Waals surface area contributed by atoms with Gasteiger partial charge in [0.05, 0.1) is 17.6 Å². The highest BCUT2D eigenvalue weighted by molar-refractivity contribution is 5.85. The van der Waals surface area contributed by atoms with Gasteiger partial charge in [-0.1, -0.05) is 12.1 Å². The summed E-state index contributed by atoms with van der Waals surface area (Å²) in [7, 11) is 0. The molecule has 3 aromatic rings. The van der Waals surface area contributed by atoms with Gasteiger partial charge in [0.2, 0.25) is 0 Å². The Balaban J connectivity index is 1.66. The van der Waals surface area contributed by atoms with E-state index < -0.39 is 11.6 Å².